The molecule has 0 saturated heterocycles. The van der Waals surface area contributed by atoms with Crippen LogP contribution in [0.4, 0.5) is 22.0 Å². The summed E-state index contributed by atoms with van der Waals surface area (Å²) in [5.74, 6) is -4.10. The lowest BCUT2D eigenvalue weighted by molar-refractivity contribution is 0.113. The van der Waals surface area contributed by atoms with Gasteiger partial charge in [0, 0.05) is 0 Å². The van der Waals surface area contributed by atoms with Gasteiger partial charge in [0.2, 0.25) is 0 Å². The second-order valence-corrected chi connectivity index (χ2v) is 9.46. The van der Waals surface area contributed by atoms with E-state index in [1.165, 1.54) is 50.7 Å². The molecule has 0 radical (unpaired) electrons. The summed E-state index contributed by atoms with van der Waals surface area (Å²) in [6, 6.07) is 3.83. The number of hydrogen-bond donors (Lipinski definition) is 0. The van der Waals surface area contributed by atoms with E-state index in [1.807, 2.05) is 0 Å². The summed E-state index contributed by atoms with van der Waals surface area (Å²) < 4.78 is 70.0. The maximum Gasteiger partial charge on any atom is 0.194 e. The second kappa shape index (κ2) is 9.30. The van der Waals surface area contributed by atoms with Gasteiger partial charge in [-0.3, -0.25) is 0 Å². The zero-order valence-corrected chi connectivity index (χ0v) is 17.9. The maximum atomic E-state index is 14.8. The van der Waals surface area contributed by atoms with Gasteiger partial charge in [-0.2, -0.15) is 0 Å². The van der Waals surface area contributed by atoms with Gasteiger partial charge in [0.05, 0.1) is 5.56 Å². The van der Waals surface area contributed by atoms with Crippen molar-refractivity contribution in [2.45, 2.75) is 70.6 Å². The van der Waals surface area contributed by atoms with Crippen molar-refractivity contribution in [2.75, 3.05) is 0 Å². The predicted molar refractivity (Wildman–Crippen MR) is 112 cm³/mol. The molecule has 2 fully saturated rings. The molecule has 2 aromatic rings. The van der Waals surface area contributed by atoms with E-state index in [-0.39, 0.29) is 11.5 Å². The smallest absolute Gasteiger partial charge is 0.194 e. The summed E-state index contributed by atoms with van der Waals surface area (Å²) >= 11 is 0. The number of halogens is 5. The lowest BCUT2D eigenvalue weighted by Gasteiger charge is -2.42. The average Bonchev–Trinajstić information content (AvgIpc) is 2.75. The van der Waals surface area contributed by atoms with Gasteiger partial charge < -0.3 is 0 Å². The first kappa shape index (κ1) is 22.3. The molecule has 31 heavy (non-hydrogen) atoms. The van der Waals surface area contributed by atoms with Crippen molar-refractivity contribution >= 4 is 0 Å². The van der Waals surface area contributed by atoms with Gasteiger partial charge in [0.15, 0.2) is 17.5 Å². The van der Waals surface area contributed by atoms with Gasteiger partial charge in [-0.25, -0.2) is 22.0 Å². The third-order valence-electron chi connectivity index (χ3n) is 7.50. The van der Waals surface area contributed by atoms with Gasteiger partial charge >= 0.3 is 0 Å². The van der Waals surface area contributed by atoms with Crippen molar-refractivity contribution in [2.24, 2.45) is 17.8 Å². The molecule has 0 heterocycles. The molecule has 0 bridgehead atoms. The number of rotatable bonds is 5. The summed E-state index contributed by atoms with van der Waals surface area (Å²) in [6.45, 7) is 2.23. The third-order valence-corrected chi connectivity index (χ3v) is 7.50. The summed E-state index contributed by atoms with van der Waals surface area (Å²) in [6.07, 6.45) is 10.5. The summed E-state index contributed by atoms with van der Waals surface area (Å²) in [4.78, 5) is 0. The Kier molecular flexibility index (Phi) is 6.68. The molecule has 0 amide bonds. The lowest BCUT2D eigenvalue weighted by atomic mass is 9.63. The first-order chi connectivity index (χ1) is 14.9. The molecule has 4 atom stereocenters. The molecular weight excluding hydrogens is 407 g/mol. The van der Waals surface area contributed by atoms with Gasteiger partial charge in [-0.15, -0.1) is 0 Å². The highest BCUT2D eigenvalue weighted by atomic mass is 19.2. The van der Waals surface area contributed by atoms with Crippen LogP contribution in [0.5, 0.6) is 0 Å². The Hall–Kier alpha value is -1.91. The Morgan fingerprint density at radius 3 is 2.00 bits per heavy atom. The molecule has 2 aliphatic rings. The van der Waals surface area contributed by atoms with Crippen LogP contribution in [0, 0.1) is 46.8 Å². The quantitative estimate of drug-likeness (QED) is 0.325. The van der Waals surface area contributed by atoms with E-state index < -0.39 is 34.6 Å². The molecule has 4 unspecified atom stereocenters. The van der Waals surface area contributed by atoms with Crippen LogP contribution in [-0.2, 0) is 0 Å². The number of unbranched alkanes of at least 4 members (excludes halogenated alkanes) is 1. The van der Waals surface area contributed by atoms with E-state index >= 15 is 0 Å². The minimum absolute atomic E-state index is 0.0909. The van der Waals surface area contributed by atoms with Gasteiger partial charge in [-0.1, -0.05) is 32.6 Å². The van der Waals surface area contributed by atoms with Crippen molar-refractivity contribution in [1.29, 1.82) is 0 Å². The van der Waals surface area contributed by atoms with Crippen molar-refractivity contribution in [1.82, 2.24) is 0 Å². The Morgan fingerprint density at radius 1 is 0.742 bits per heavy atom. The summed E-state index contributed by atoms with van der Waals surface area (Å²) in [7, 11) is 0. The fourth-order valence-corrected chi connectivity index (χ4v) is 5.85. The van der Waals surface area contributed by atoms with Crippen LogP contribution in [-0.4, -0.2) is 0 Å². The van der Waals surface area contributed by atoms with Crippen LogP contribution in [0.3, 0.4) is 0 Å². The molecule has 2 saturated carbocycles. The molecule has 4 rings (SSSR count). The SMILES string of the molecule is CCCCC1CCC2CC(c3cc(F)c(-c4cc(F)c(F)c(F)c4)c(F)c3)CCC2C1. The molecule has 2 aliphatic carbocycles. The normalized spacial score (nSPS) is 26.0. The second-order valence-electron chi connectivity index (χ2n) is 9.46. The standard InChI is InChI=1S/C26H29F5/c1-2-3-4-15-5-6-17-10-18(8-7-16(17)9-15)19-11-21(27)25(22(28)12-19)20-13-23(29)26(31)24(30)14-20/h11-18H,2-10H2,1H3. The molecule has 0 aromatic heterocycles. The van der Waals surface area contributed by atoms with E-state index in [1.54, 1.807) is 0 Å². The van der Waals surface area contributed by atoms with Crippen molar-refractivity contribution in [3.05, 3.63) is 58.9 Å². The van der Waals surface area contributed by atoms with Gasteiger partial charge in [-0.05, 0) is 91.2 Å². The topological polar surface area (TPSA) is 0 Å². The highest BCUT2D eigenvalue weighted by molar-refractivity contribution is 5.65. The van der Waals surface area contributed by atoms with E-state index in [2.05, 4.69) is 6.92 Å². The van der Waals surface area contributed by atoms with Crippen LogP contribution in [0.15, 0.2) is 24.3 Å². The van der Waals surface area contributed by atoms with Crippen molar-refractivity contribution in [3.63, 3.8) is 0 Å². The lowest BCUT2D eigenvalue weighted by Crippen LogP contribution is -2.30. The third kappa shape index (κ3) is 4.65. The van der Waals surface area contributed by atoms with E-state index in [0.29, 0.717) is 29.5 Å². The molecule has 0 nitrogen and oxygen atoms in total. The van der Waals surface area contributed by atoms with E-state index in [0.717, 1.165) is 25.2 Å². The molecule has 168 valence electrons. The number of benzene rings is 2. The molecule has 5 heteroatoms. The highest BCUT2D eigenvalue weighted by Gasteiger charge is 2.36. The monoisotopic (exact) mass is 436 g/mol. The Labute approximate surface area is 180 Å². The maximum absolute atomic E-state index is 14.8. The van der Waals surface area contributed by atoms with E-state index in [4.69, 9.17) is 0 Å². The first-order valence-electron chi connectivity index (χ1n) is 11.5. The number of fused-ring (bicyclic) bond motifs is 1. The molecule has 0 aliphatic heterocycles. The zero-order chi connectivity index (χ0) is 22.1. The zero-order valence-electron chi connectivity index (χ0n) is 17.9. The molecule has 0 spiro atoms. The Balaban J connectivity index is 1.51. The largest absolute Gasteiger partial charge is 0.206 e. The first-order valence-corrected chi connectivity index (χ1v) is 11.5. The van der Waals surface area contributed by atoms with Crippen LogP contribution < -0.4 is 0 Å². The predicted octanol–water partition coefficient (Wildman–Crippen LogP) is 8.54. The van der Waals surface area contributed by atoms with Gasteiger partial charge in [0.1, 0.15) is 11.6 Å². The van der Waals surface area contributed by atoms with Crippen molar-refractivity contribution in [3.8, 4) is 11.1 Å². The van der Waals surface area contributed by atoms with Crippen LogP contribution in [0.2, 0.25) is 0 Å². The van der Waals surface area contributed by atoms with Crippen molar-refractivity contribution < 1.29 is 22.0 Å². The average molecular weight is 437 g/mol. The minimum Gasteiger partial charge on any atom is -0.206 e. The minimum atomic E-state index is -1.65. The Morgan fingerprint density at radius 2 is 1.35 bits per heavy atom. The van der Waals surface area contributed by atoms with E-state index in [9.17, 15) is 22.0 Å². The Bertz CT molecular complexity index is 891. The fourth-order valence-electron chi connectivity index (χ4n) is 5.85. The fraction of sp³-hybridized carbons (Fsp3) is 0.538. The van der Waals surface area contributed by atoms with Crippen LogP contribution in [0.25, 0.3) is 11.1 Å². The van der Waals surface area contributed by atoms with Crippen LogP contribution >= 0.6 is 0 Å². The molecule has 2 aromatic carbocycles. The number of hydrogen-bond acceptors (Lipinski definition) is 0. The summed E-state index contributed by atoms with van der Waals surface area (Å²) in [5, 5.41) is 0. The highest BCUT2D eigenvalue weighted by Crippen LogP contribution is 2.49. The molecular formula is C26H29F5. The van der Waals surface area contributed by atoms with Crippen LogP contribution in [0.1, 0.15) is 76.2 Å². The molecule has 0 N–H and O–H groups in total. The van der Waals surface area contributed by atoms with Gasteiger partial charge in [0.25, 0.3) is 0 Å². The summed E-state index contributed by atoms with van der Waals surface area (Å²) in [5.41, 5.74) is -0.257.